The Morgan fingerprint density at radius 1 is 1.23 bits per heavy atom. The number of nitrogens with one attached hydrogen (secondary N) is 2. The predicted octanol–water partition coefficient (Wildman–Crippen LogP) is 2.76. The molecule has 8 heteroatoms. The summed E-state index contributed by atoms with van der Waals surface area (Å²) in [5, 5.41) is 13.7. The molecule has 26 heavy (non-hydrogen) atoms. The number of amides is 3. The second-order valence-electron chi connectivity index (χ2n) is 5.79. The molecule has 0 saturated carbocycles. The van der Waals surface area contributed by atoms with Crippen LogP contribution in [0, 0.1) is 23.0 Å². The predicted molar refractivity (Wildman–Crippen MR) is 90.4 cm³/mol. The van der Waals surface area contributed by atoms with Gasteiger partial charge in [-0.3, -0.25) is 4.79 Å². The van der Waals surface area contributed by atoms with Crippen LogP contribution in [0.1, 0.15) is 12.0 Å². The molecule has 3 rings (SSSR count). The van der Waals surface area contributed by atoms with Crippen molar-refractivity contribution in [2.24, 2.45) is 0 Å². The van der Waals surface area contributed by atoms with Crippen LogP contribution in [0.4, 0.5) is 25.0 Å². The minimum atomic E-state index is -0.765. The number of rotatable bonds is 3. The first-order chi connectivity index (χ1) is 12.5. The zero-order valence-corrected chi connectivity index (χ0v) is 13.5. The molecule has 0 radical (unpaired) electrons. The molecule has 132 valence electrons. The number of nitrogens with zero attached hydrogens (tertiary/aromatic N) is 2. The van der Waals surface area contributed by atoms with Crippen LogP contribution in [0.2, 0.25) is 0 Å². The van der Waals surface area contributed by atoms with Crippen LogP contribution in [0.25, 0.3) is 0 Å². The number of urea groups is 1. The van der Waals surface area contributed by atoms with Gasteiger partial charge in [-0.05, 0) is 30.3 Å². The van der Waals surface area contributed by atoms with Crippen molar-refractivity contribution < 1.29 is 18.4 Å². The van der Waals surface area contributed by atoms with Gasteiger partial charge < -0.3 is 15.5 Å². The summed E-state index contributed by atoms with van der Waals surface area (Å²) in [4.78, 5) is 25.6. The Hall–Kier alpha value is -3.47. The Morgan fingerprint density at radius 2 is 2.04 bits per heavy atom. The lowest BCUT2D eigenvalue weighted by molar-refractivity contribution is -0.117. The third-order valence-electron chi connectivity index (χ3n) is 3.92. The van der Waals surface area contributed by atoms with E-state index in [2.05, 4.69) is 10.6 Å². The highest BCUT2D eigenvalue weighted by Crippen LogP contribution is 2.23. The van der Waals surface area contributed by atoms with Gasteiger partial charge in [0, 0.05) is 24.7 Å². The molecular formula is C18H14F2N4O2. The fourth-order valence-electron chi connectivity index (χ4n) is 2.73. The van der Waals surface area contributed by atoms with Crippen LogP contribution in [0.5, 0.6) is 0 Å². The molecule has 1 aliphatic heterocycles. The number of nitriles is 1. The highest BCUT2D eigenvalue weighted by molar-refractivity contribution is 5.97. The van der Waals surface area contributed by atoms with E-state index >= 15 is 0 Å². The van der Waals surface area contributed by atoms with Gasteiger partial charge in [0.2, 0.25) is 5.91 Å². The molecule has 0 aromatic heterocycles. The molecule has 0 aliphatic carbocycles. The Morgan fingerprint density at radius 3 is 2.81 bits per heavy atom. The third-order valence-corrected chi connectivity index (χ3v) is 3.92. The molecule has 2 aromatic rings. The van der Waals surface area contributed by atoms with E-state index in [-0.39, 0.29) is 24.6 Å². The number of anilines is 2. The Labute approximate surface area is 148 Å². The lowest BCUT2D eigenvalue weighted by atomic mass is 10.2. The molecule has 0 bridgehead atoms. The van der Waals surface area contributed by atoms with Gasteiger partial charge in [0.05, 0.1) is 23.4 Å². The van der Waals surface area contributed by atoms with E-state index in [1.54, 1.807) is 24.3 Å². The number of carbonyl (C=O) groups is 2. The molecule has 3 amide bonds. The lowest BCUT2D eigenvalue weighted by Gasteiger charge is -2.17. The summed E-state index contributed by atoms with van der Waals surface area (Å²) >= 11 is 0. The minimum absolute atomic E-state index is 0.0653. The van der Waals surface area contributed by atoms with Crippen LogP contribution >= 0.6 is 0 Å². The molecule has 1 fully saturated rings. The average Bonchev–Trinajstić information content (AvgIpc) is 2.98. The van der Waals surface area contributed by atoms with E-state index in [0.717, 1.165) is 18.2 Å². The maximum absolute atomic E-state index is 13.6. The molecule has 1 aliphatic rings. The van der Waals surface area contributed by atoms with Crippen molar-refractivity contribution in [1.82, 2.24) is 5.32 Å². The molecule has 1 atom stereocenters. The van der Waals surface area contributed by atoms with E-state index < -0.39 is 23.7 Å². The largest absolute Gasteiger partial charge is 0.333 e. The second-order valence-corrected chi connectivity index (χ2v) is 5.79. The molecule has 0 spiro atoms. The first-order valence-electron chi connectivity index (χ1n) is 7.79. The van der Waals surface area contributed by atoms with Crippen molar-refractivity contribution in [1.29, 1.82) is 5.26 Å². The standard InChI is InChI=1S/C18H14F2N4O2/c19-12-4-5-15(20)16(7-12)23-18(26)22-13-8-17(25)24(10-13)14-3-1-2-11(6-14)9-21/h1-7,13H,8,10H2,(H2,22,23,26). The van der Waals surface area contributed by atoms with Crippen molar-refractivity contribution in [2.45, 2.75) is 12.5 Å². The zero-order chi connectivity index (χ0) is 18.7. The zero-order valence-electron chi connectivity index (χ0n) is 13.5. The van der Waals surface area contributed by atoms with Gasteiger partial charge in [0.1, 0.15) is 11.6 Å². The van der Waals surface area contributed by atoms with Crippen LogP contribution in [0.3, 0.4) is 0 Å². The highest BCUT2D eigenvalue weighted by atomic mass is 19.1. The van der Waals surface area contributed by atoms with E-state index in [4.69, 9.17) is 5.26 Å². The van der Waals surface area contributed by atoms with Gasteiger partial charge in [-0.15, -0.1) is 0 Å². The number of halogens is 2. The smallest absolute Gasteiger partial charge is 0.319 e. The number of hydrogen-bond acceptors (Lipinski definition) is 3. The molecule has 6 nitrogen and oxygen atoms in total. The van der Waals surface area contributed by atoms with E-state index in [0.29, 0.717) is 11.3 Å². The molecular weight excluding hydrogens is 342 g/mol. The van der Waals surface area contributed by atoms with Crippen LogP contribution in [0.15, 0.2) is 42.5 Å². The Kier molecular flexibility index (Phi) is 4.80. The molecule has 2 N–H and O–H groups in total. The van der Waals surface area contributed by atoms with Crippen LogP contribution in [-0.4, -0.2) is 24.5 Å². The van der Waals surface area contributed by atoms with Crippen molar-refractivity contribution in [3.8, 4) is 6.07 Å². The van der Waals surface area contributed by atoms with Crippen molar-refractivity contribution >= 4 is 23.3 Å². The molecule has 1 unspecified atom stereocenters. The van der Waals surface area contributed by atoms with Gasteiger partial charge in [-0.1, -0.05) is 6.07 Å². The van der Waals surface area contributed by atoms with Gasteiger partial charge in [-0.2, -0.15) is 5.26 Å². The summed E-state index contributed by atoms with van der Waals surface area (Å²) in [6.45, 7) is 0.215. The monoisotopic (exact) mass is 356 g/mol. The van der Waals surface area contributed by atoms with Crippen molar-refractivity contribution in [3.05, 3.63) is 59.7 Å². The Bertz CT molecular complexity index is 910. The normalized spacial score (nSPS) is 16.3. The van der Waals surface area contributed by atoms with Crippen molar-refractivity contribution in [3.63, 3.8) is 0 Å². The van der Waals surface area contributed by atoms with E-state index in [1.165, 1.54) is 4.90 Å². The van der Waals surface area contributed by atoms with Gasteiger partial charge in [-0.25, -0.2) is 13.6 Å². The van der Waals surface area contributed by atoms with E-state index in [9.17, 15) is 18.4 Å². The fourth-order valence-corrected chi connectivity index (χ4v) is 2.73. The summed E-state index contributed by atoms with van der Waals surface area (Å²) in [6.07, 6.45) is 0.0653. The summed E-state index contributed by atoms with van der Waals surface area (Å²) in [5.41, 5.74) is 0.700. The second kappa shape index (κ2) is 7.19. The molecule has 1 saturated heterocycles. The van der Waals surface area contributed by atoms with Crippen molar-refractivity contribution in [2.75, 3.05) is 16.8 Å². The van der Waals surface area contributed by atoms with Gasteiger partial charge in [0.15, 0.2) is 0 Å². The maximum Gasteiger partial charge on any atom is 0.319 e. The van der Waals surface area contributed by atoms with Gasteiger partial charge in [0.25, 0.3) is 0 Å². The highest BCUT2D eigenvalue weighted by Gasteiger charge is 2.31. The van der Waals surface area contributed by atoms with Crippen LogP contribution in [-0.2, 0) is 4.79 Å². The number of carbonyl (C=O) groups excluding carboxylic acids is 2. The van der Waals surface area contributed by atoms with Gasteiger partial charge >= 0.3 is 6.03 Å². The third kappa shape index (κ3) is 3.78. The quantitative estimate of drug-likeness (QED) is 0.887. The lowest BCUT2D eigenvalue weighted by Crippen LogP contribution is -2.39. The first kappa shape index (κ1) is 17.4. The van der Waals surface area contributed by atoms with Crippen LogP contribution < -0.4 is 15.5 Å². The summed E-state index contributed by atoms with van der Waals surface area (Å²) in [7, 11) is 0. The fraction of sp³-hybridized carbons (Fsp3) is 0.167. The van der Waals surface area contributed by atoms with E-state index in [1.807, 2.05) is 6.07 Å². The summed E-state index contributed by atoms with van der Waals surface area (Å²) in [6, 6.07) is 10.1. The SMILES string of the molecule is N#Cc1cccc(N2CC(NC(=O)Nc3cc(F)ccc3F)CC2=O)c1. The number of hydrogen-bond donors (Lipinski definition) is 2. The summed E-state index contributed by atoms with van der Waals surface area (Å²) in [5.74, 6) is -1.65. The maximum atomic E-state index is 13.6. The molecule has 1 heterocycles. The average molecular weight is 356 g/mol. The minimum Gasteiger partial charge on any atom is -0.333 e. The summed E-state index contributed by atoms with van der Waals surface area (Å²) < 4.78 is 26.7. The molecule has 2 aromatic carbocycles. The first-order valence-corrected chi connectivity index (χ1v) is 7.79. The Balaban J connectivity index is 1.64. The number of benzene rings is 2. The topological polar surface area (TPSA) is 85.2 Å².